The van der Waals surface area contributed by atoms with Gasteiger partial charge in [0.05, 0.1) is 11.1 Å². The monoisotopic (exact) mass is 330 g/mol. The number of nitrogens with one attached hydrogen (secondary N) is 2. The molecule has 1 aromatic carbocycles. The van der Waals surface area contributed by atoms with E-state index in [0.29, 0.717) is 23.4 Å². The Kier molecular flexibility index (Phi) is 3.62. The molecule has 0 atom stereocenters. The molecule has 2 N–H and O–H groups in total. The van der Waals surface area contributed by atoms with Crippen molar-refractivity contribution in [3.8, 4) is 0 Å². The third-order valence-corrected chi connectivity index (χ3v) is 6.05. The molecule has 0 aromatic heterocycles. The molecule has 0 heterocycles. The second-order valence-electron chi connectivity index (χ2n) is 8.03. The van der Waals surface area contributed by atoms with Crippen molar-refractivity contribution in [1.29, 1.82) is 0 Å². The molecule has 5 heteroatoms. The minimum atomic E-state index is -0.502. The number of carbonyl (C=O) groups is 2. The second-order valence-corrected chi connectivity index (χ2v) is 8.03. The highest BCUT2D eigenvalue weighted by atomic mass is 19.1. The molecule has 4 nitrogen and oxygen atoms in total. The van der Waals surface area contributed by atoms with E-state index in [2.05, 4.69) is 10.6 Å². The molecule has 4 saturated carbocycles. The zero-order chi connectivity index (χ0) is 16.9. The molecular formula is C19H23FN2O2. The summed E-state index contributed by atoms with van der Waals surface area (Å²) in [5, 5.41) is 5.44. The van der Waals surface area contributed by atoms with Crippen molar-refractivity contribution >= 4 is 23.2 Å². The number of hydrogen-bond donors (Lipinski definition) is 2. The first-order chi connectivity index (χ1) is 11.4. The van der Waals surface area contributed by atoms with Gasteiger partial charge in [0.1, 0.15) is 5.82 Å². The Hall–Kier alpha value is -1.91. The van der Waals surface area contributed by atoms with Crippen LogP contribution >= 0.6 is 0 Å². The molecule has 0 saturated heterocycles. The Labute approximate surface area is 141 Å². The summed E-state index contributed by atoms with van der Waals surface area (Å²) in [6.07, 6.45) is 6.83. The summed E-state index contributed by atoms with van der Waals surface area (Å²) in [7, 11) is 0. The molecule has 4 bridgehead atoms. The summed E-state index contributed by atoms with van der Waals surface area (Å²) in [4.78, 5) is 24.2. The van der Waals surface area contributed by atoms with Crippen molar-refractivity contribution < 1.29 is 14.0 Å². The van der Waals surface area contributed by atoms with Crippen molar-refractivity contribution in [2.45, 2.75) is 45.4 Å². The molecule has 0 aliphatic heterocycles. The number of halogens is 1. The van der Waals surface area contributed by atoms with Gasteiger partial charge in [0.2, 0.25) is 11.8 Å². The molecule has 2 amide bonds. The fourth-order valence-electron chi connectivity index (χ4n) is 5.54. The number of amides is 2. The minimum Gasteiger partial charge on any atom is -0.326 e. The van der Waals surface area contributed by atoms with Crippen LogP contribution in [-0.4, -0.2) is 11.8 Å². The van der Waals surface area contributed by atoms with E-state index in [9.17, 15) is 14.0 Å². The van der Waals surface area contributed by atoms with Gasteiger partial charge in [-0.25, -0.2) is 4.39 Å². The number of carbonyl (C=O) groups excluding carboxylic acids is 2. The highest BCUT2D eigenvalue weighted by molar-refractivity contribution is 5.97. The average Bonchev–Trinajstić information content (AvgIpc) is 2.48. The summed E-state index contributed by atoms with van der Waals surface area (Å²) >= 11 is 0. The molecule has 24 heavy (non-hydrogen) atoms. The Bertz CT molecular complexity index is 665. The summed E-state index contributed by atoms with van der Waals surface area (Å²) in [5.74, 6) is 1.33. The molecule has 4 aliphatic rings. The lowest BCUT2D eigenvalue weighted by Gasteiger charge is -2.55. The van der Waals surface area contributed by atoms with Crippen LogP contribution in [0.4, 0.5) is 15.8 Å². The lowest BCUT2D eigenvalue weighted by Crippen LogP contribution is -2.51. The normalized spacial score (nSPS) is 33.3. The summed E-state index contributed by atoms with van der Waals surface area (Å²) in [6, 6.07) is 4.33. The molecule has 0 unspecified atom stereocenters. The van der Waals surface area contributed by atoms with Gasteiger partial charge in [-0.05, 0) is 74.5 Å². The third-order valence-electron chi connectivity index (χ3n) is 6.05. The Balaban J connectivity index is 1.53. The van der Waals surface area contributed by atoms with E-state index in [1.807, 2.05) is 0 Å². The van der Waals surface area contributed by atoms with Crippen LogP contribution in [-0.2, 0) is 9.59 Å². The Morgan fingerprint density at radius 3 is 2.17 bits per heavy atom. The van der Waals surface area contributed by atoms with E-state index in [0.717, 1.165) is 19.3 Å². The van der Waals surface area contributed by atoms with Gasteiger partial charge < -0.3 is 10.6 Å². The van der Waals surface area contributed by atoms with Crippen molar-refractivity contribution in [1.82, 2.24) is 0 Å². The second kappa shape index (κ2) is 5.57. The van der Waals surface area contributed by atoms with Crippen LogP contribution in [0.3, 0.4) is 0 Å². The SMILES string of the molecule is CC(=O)Nc1cc(NC(=O)C23CC4CC(CC(C4)C2)C3)ccc1F. The Morgan fingerprint density at radius 2 is 1.62 bits per heavy atom. The Morgan fingerprint density at radius 1 is 1.04 bits per heavy atom. The predicted molar refractivity (Wildman–Crippen MR) is 89.9 cm³/mol. The maximum atomic E-state index is 13.8. The molecule has 5 rings (SSSR count). The molecule has 0 spiro atoms. The van der Waals surface area contributed by atoms with Crippen LogP contribution in [0.15, 0.2) is 18.2 Å². The fourth-order valence-corrected chi connectivity index (χ4v) is 5.54. The van der Waals surface area contributed by atoms with Crippen LogP contribution in [0.5, 0.6) is 0 Å². The molecule has 4 aliphatic carbocycles. The van der Waals surface area contributed by atoms with Gasteiger partial charge >= 0.3 is 0 Å². The maximum absolute atomic E-state index is 13.8. The molecular weight excluding hydrogens is 307 g/mol. The van der Waals surface area contributed by atoms with E-state index in [4.69, 9.17) is 0 Å². The third kappa shape index (κ3) is 2.70. The molecule has 128 valence electrons. The first kappa shape index (κ1) is 15.6. The number of rotatable bonds is 3. The number of benzene rings is 1. The van der Waals surface area contributed by atoms with Gasteiger partial charge in [-0.1, -0.05) is 0 Å². The lowest BCUT2D eigenvalue weighted by molar-refractivity contribution is -0.140. The predicted octanol–water partition coefficient (Wildman–Crippen LogP) is 3.94. The van der Waals surface area contributed by atoms with Crippen LogP contribution in [0.1, 0.15) is 45.4 Å². The van der Waals surface area contributed by atoms with Gasteiger partial charge in [0, 0.05) is 12.6 Å². The topological polar surface area (TPSA) is 58.2 Å². The average molecular weight is 330 g/mol. The number of hydrogen-bond acceptors (Lipinski definition) is 2. The van der Waals surface area contributed by atoms with Crippen LogP contribution in [0.2, 0.25) is 0 Å². The highest BCUT2D eigenvalue weighted by Crippen LogP contribution is 2.60. The van der Waals surface area contributed by atoms with Crippen LogP contribution < -0.4 is 10.6 Å². The van der Waals surface area contributed by atoms with Crippen LogP contribution in [0.25, 0.3) is 0 Å². The maximum Gasteiger partial charge on any atom is 0.230 e. The minimum absolute atomic E-state index is 0.0713. The van der Waals surface area contributed by atoms with E-state index in [1.165, 1.54) is 38.3 Å². The van der Waals surface area contributed by atoms with Crippen molar-refractivity contribution in [2.75, 3.05) is 10.6 Å². The quantitative estimate of drug-likeness (QED) is 0.882. The molecule has 4 fully saturated rings. The largest absolute Gasteiger partial charge is 0.326 e. The zero-order valence-corrected chi connectivity index (χ0v) is 13.9. The number of anilines is 2. The van der Waals surface area contributed by atoms with Gasteiger partial charge in [0.25, 0.3) is 0 Å². The zero-order valence-electron chi connectivity index (χ0n) is 13.9. The lowest BCUT2D eigenvalue weighted by atomic mass is 9.49. The standard InChI is InChI=1S/C19H23FN2O2/c1-11(23)21-17-7-15(2-3-16(17)20)22-18(24)19-8-12-4-13(9-19)6-14(5-12)10-19/h2-3,7,12-14H,4-6,8-10H2,1H3,(H,21,23)(H,22,24). The van der Waals surface area contributed by atoms with E-state index in [1.54, 1.807) is 6.07 Å². The first-order valence-corrected chi connectivity index (χ1v) is 8.82. The molecule has 0 radical (unpaired) electrons. The smallest absolute Gasteiger partial charge is 0.230 e. The summed E-state index contributed by atoms with van der Waals surface area (Å²) in [5.41, 5.74) is 0.406. The first-order valence-electron chi connectivity index (χ1n) is 8.82. The van der Waals surface area contributed by atoms with Crippen molar-refractivity contribution in [3.63, 3.8) is 0 Å². The van der Waals surface area contributed by atoms with Gasteiger partial charge in [-0.3, -0.25) is 9.59 Å². The van der Waals surface area contributed by atoms with Gasteiger partial charge in [-0.2, -0.15) is 0 Å². The summed E-state index contributed by atoms with van der Waals surface area (Å²) < 4.78 is 13.8. The van der Waals surface area contributed by atoms with Gasteiger partial charge in [0.15, 0.2) is 0 Å². The van der Waals surface area contributed by atoms with Gasteiger partial charge in [-0.15, -0.1) is 0 Å². The van der Waals surface area contributed by atoms with E-state index in [-0.39, 0.29) is 22.9 Å². The van der Waals surface area contributed by atoms with E-state index < -0.39 is 5.82 Å². The summed E-state index contributed by atoms with van der Waals surface area (Å²) in [6.45, 7) is 1.33. The fraction of sp³-hybridized carbons (Fsp3) is 0.579. The van der Waals surface area contributed by atoms with Crippen LogP contribution in [0, 0.1) is 29.0 Å². The van der Waals surface area contributed by atoms with Crippen molar-refractivity contribution in [3.05, 3.63) is 24.0 Å². The van der Waals surface area contributed by atoms with Crippen molar-refractivity contribution in [2.24, 2.45) is 23.2 Å². The highest BCUT2D eigenvalue weighted by Gasteiger charge is 2.54. The van der Waals surface area contributed by atoms with E-state index >= 15 is 0 Å². The molecule has 1 aromatic rings.